The third-order valence-corrected chi connectivity index (χ3v) is 2.20. The van der Waals surface area contributed by atoms with Crippen LogP contribution >= 0.6 is 0 Å². The summed E-state index contributed by atoms with van der Waals surface area (Å²) in [6.45, 7) is 5.26. The van der Waals surface area contributed by atoms with Gasteiger partial charge in [-0.25, -0.2) is 0 Å². The Labute approximate surface area is 78.2 Å². The number of carbonyl (C=O) groups excluding carboxylic acids is 1. The minimum absolute atomic E-state index is 0.0784. The third-order valence-electron chi connectivity index (χ3n) is 2.20. The average molecular weight is 178 g/mol. The van der Waals surface area contributed by atoms with Crippen LogP contribution in [-0.4, -0.2) is 10.9 Å². The topological polar surface area (TPSA) is 37.3 Å². The molecule has 0 fully saturated rings. The van der Waals surface area contributed by atoms with Gasteiger partial charge in [-0.15, -0.1) is 0 Å². The molecule has 1 rings (SSSR count). The van der Waals surface area contributed by atoms with Gasteiger partial charge in [-0.2, -0.15) is 0 Å². The molecule has 0 heterocycles. The van der Waals surface area contributed by atoms with Gasteiger partial charge in [0.15, 0.2) is 5.78 Å². The molecule has 0 spiro atoms. The van der Waals surface area contributed by atoms with Gasteiger partial charge in [-0.1, -0.05) is 19.1 Å². The Morgan fingerprint density at radius 2 is 2.08 bits per heavy atom. The number of rotatable bonds is 2. The minimum atomic E-state index is -0.0784. The molecule has 70 valence electrons. The first-order valence-electron chi connectivity index (χ1n) is 4.40. The lowest BCUT2D eigenvalue weighted by Gasteiger charge is -2.08. The van der Waals surface area contributed by atoms with E-state index in [-0.39, 0.29) is 11.5 Å². The maximum Gasteiger partial charge on any atom is 0.163 e. The summed E-state index contributed by atoms with van der Waals surface area (Å²) in [5.74, 6) is 0.0697. The lowest BCUT2D eigenvalue weighted by atomic mass is 9.99. The van der Waals surface area contributed by atoms with Crippen molar-refractivity contribution in [1.29, 1.82) is 0 Å². The first kappa shape index (κ1) is 9.78. The summed E-state index contributed by atoms with van der Waals surface area (Å²) in [6.07, 6.45) is 0.742. The molecule has 0 aliphatic rings. The zero-order chi connectivity index (χ0) is 10.0. The van der Waals surface area contributed by atoms with E-state index in [1.807, 2.05) is 26.0 Å². The number of phenolic OH excluding ortho intramolecular Hbond substituents is 1. The Kier molecular flexibility index (Phi) is 2.71. The van der Waals surface area contributed by atoms with Gasteiger partial charge in [0.1, 0.15) is 5.75 Å². The smallest absolute Gasteiger partial charge is 0.163 e. The Morgan fingerprint density at radius 1 is 1.46 bits per heavy atom. The fourth-order valence-corrected chi connectivity index (χ4v) is 1.46. The highest BCUT2D eigenvalue weighted by Gasteiger charge is 2.12. The molecule has 0 amide bonds. The number of aryl methyl sites for hydroxylation is 2. The normalized spacial score (nSPS) is 10.1. The maximum atomic E-state index is 11.2. The van der Waals surface area contributed by atoms with E-state index in [4.69, 9.17) is 0 Å². The molecule has 0 atom stereocenters. The van der Waals surface area contributed by atoms with Crippen molar-refractivity contribution < 1.29 is 9.90 Å². The summed E-state index contributed by atoms with van der Waals surface area (Å²) in [7, 11) is 0. The van der Waals surface area contributed by atoms with Crippen LogP contribution < -0.4 is 0 Å². The minimum Gasteiger partial charge on any atom is -0.507 e. The molecule has 0 bridgehead atoms. The van der Waals surface area contributed by atoms with Crippen molar-refractivity contribution in [3.8, 4) is 5.75 Å². The summed E-state index contributed by atoms with van der Waals surface area (Å²) in [5.41, 5.74) is 2.12. The van der Waals surface area contributed by atoms with E-state index in [1.54, 1.807) is 0 Å². The van der Waals surface area contributed by atoms with Crippen molar-refractivity contribution in [2.75, 3.05) is 0 Å². The molecule has 1 aromatic rings. The van der Waals surface area contributed by atoms with Crippen LogP contribution in [0.3, 0.4) is 0 Å². The van der Waals surface area contributed by atoms with Crippen LogP contribution in [0.25, 0.3) is 0 Å². The molecule has 0 radical (unpaired) electrons. The molecule has 0 saturated carbocycles. The number of aromatic hydroxyl groups is 1. The predicted octanol–water partition coefficient (Wildman–Crippen LogP) is 2.47. The van der Waals surface area contributed by atoms with Crippen LogP contribution in [0.15, 0.2) is 12.1 Å². The molecule has 2 heteroatoms. The molecule has 13 heavy (non-hydrogen) atoms. The zero-order valence-corrected chi connectivity index (χ0v) is 8.22. The maximum absolute atomic E-state index is 11.2. The molecule has 0 aromatic heterocycles. The van der Waals surface area contributed by atoms with Crippen molar-refractivity contribution in [3.63, 3.8) is 0 Å². The summed E-state index contributed by atoms with van der Waals surface area (Å²) < 4.78 is 0. The van der Waals surface area contributed by atoms with E-state index in [2.05, 4.69) is 0 Å². The van der Waals surface area contributed by atoms with Gasteiger partial charge in [-0.3, -0.25) is 4.79 Å². The molecule has 2 nitrogen and oxygen atoms in total. The second kappa shape index (κ2) is 3.60. The van der Waals surface area contributed by atoms with Crippen molar-refractivity contribution in [2.24, 2.45) is 0 Å². The summed E-state index contributed by atoms with van der Waals surface area (Å²) >= 11 is 0. The van der Waals surface area contributed by atoms with E-state index in [0.29, 0.717) is 5.56 Å². The molecule has 0 aliphatic heterocycles. The number of Topliss-reactive ketones (excluding diaryl/α,β-unsaturated/α-hetero) is 1. The second-order valence-corrected chi connectivity index (χ2v) is 3.17. The first-order valence-corrected chi connectivity index (χ1v) is 4.40. The van der Waals surface area contributed by atoms with Crippen LogP contribution in [0.2, 0.25) is 0 Å². The summed E-state index contributed by atoms with van der Waals surface area (Å²) in [5, 5.41) is 9.72. The van der Waals surface area contributed by atoms with Gasteiger partial charge < -0.3 is 5.11 Å². The number of phenols is 1. The van der Waals surface area contributed by atoms with Crippen molar-refractivity contribution in [3.05, 3.63) is 28.8 Å². The van der Waals surface area contributed by atoms with Gasteiger partial charge >= 0.3 is 0 Å². The number of carbonyl (C=O) groups is 1. The van der Waals surface area contributed by atoms with E-state index in [0.717, 1.165) is 17.5 Å². The molecule has 0 unspecified atom stereocenters. The lowest BCUT2D eigenvalue weighted by Crippen LogP contribution is -1.99. The van der Waals surface area contributed by atoms with Crippen LogP contribution in [-0.2, 0) is 6.42 Å². The van der Waals surface area contributed by atoms with Crippen LogP contribution in [0.5, 0.6) is 5.75 Å². The highest BCUT2D eigenvalue weighted by Crippen LogP contribution is 2.26. The number of benzene rings is 1. The molecule has 1 aromatic carbocycles. The Hall–Kier alpha value is -1.31. The largest absolute Gasteiger partial charge is 0.507 e. The first-order chi connectivity index (χ1) is 6.07. The monoisotopic (exact) mass is 178 g/mol. The fraction of sp³-hybridized carbons (Fsp3) is 0.364. The standard InChI is InChI=1S/C11H14O2/c1-4-9-6-5-7(2)10(8(3)12)11(9)13/h5-6,13H,4H2,1-3H3. The van der Waals surface area contributed by atoms with E-state index < -0.39 is 0 Å². The quantitative estimate of drug-likeness (QED) is 0.706. The highest BCUT2D eigenvalue weighted by atomic mass is 16.3. The van der Waals surface area contributed by atoms with Crippen LogP contribution in [0.4, 0.5) is 0 Å². The summed E-state index contributed by atoms with van der Waals surface area (Å²) in [6, 6.07) is 3.73. The molecule has 0 aliphatic carbocycles. The van der Waals surface area contributed by atoms with E-state index in [1.165, 1.54) is 6.92 Å². The van der Waals surface area contributed by atoms with Gasteiger partial charge in [0, 0.05) is 0 Å². The Bertz CT molecular complexity index is 340. The highest BCUT2D eigenvalue weighted by molar-refractivity contribution is 5.98. The predicted molar refractivity (Wildman–Crippen MR) is 52.2 cm³/mol. The molecular weight excluding hydrogens is 164 g/mol. The van der Waals surface area contributed by atoms with Gasteiger partial charge in [0.25, 0.3) is 0 Å². The lowest BCUT2D eigenvalue weighted by molar-refractivity contribution is 0.101. The van der Waals surface area contributed by atoms with E-state index >= 15 is 0 Å². The van der Waals surface area contributed by atoms with Crippen LogP contribution in [0.1, 0.15) is 35.3 Å². The van der Waals surface area contributed by atoms with Crippen molar-refractivity contribution in [1.82, 2.24) is 0 Å². The third kappa shape index (κ3) is 1.72. The van der Waals surface area contributed by atoms with E-state index in [9.17, 15) is 9.90 Å². The Morgan fingerprint density at radius 3 is 2.54 bits per heavy atom. The van der Waals surface area contributed by atoms with Gasteiger partial charge in [0.05, 0.1) is 5.56 Å². The fourth-order valence-electron chi connectivity index (χ4n) is 1.46. The van der Waals surface area contributed by atoms with Crippen molar-refractivity contribution >= 4 is 5.78 Å². The average Bonchev–Trinajstić information content (AvgIpc) is 2.04. The number of hydrogen-bond donors (Lipinski definition) is 1. The number of ketones is 1. The molecule has 1 N–H and O–H groups in total. The van der Waals surface area contributed by atoms with Crippen molar-refractivity contribution in [2.45, 2.75) is 27.2 Å². The summed E-state index contributed by atoms with van der Waals surface area (Å²) in [4.78, 5) is 11.2. The van der Waals surface area contributed by atoms with Crippen LogP contribution in [0, 0.1) is 6.92 Å². The van der Waals surface area contributed by atoms with Gasteiger partial charge in [0.2, 0.25) is 0 Å². The Balaban J connectivity index is 3.38. The number of hydrogen-bond acceptors (Lipinski definition) is 2. The molecule has 0 saturated heterocycles. The SMILES string of the molecule is CCc1ccc(C)c(C(C)=O)c1O. The van der Waals surface area contributed by atoms with Gasteiger partial charge in [-0.05, 0) is 31.4 Å². The zero-order valence-electron chi connectivity index (χ0n) is 8.22. The molecular formula is C11H14O2. The second-order valence-electron chi connectivity index (χ2n) is 3.17.